The molecule has 6 heteroatoms. The summed E-state index contributed by atoms with van der Waals surface area (Å²) in [4.78, 5) is 29.4. The fraction of sp³-hybridized carbons (Fsp3) is 0.619. The van der Waals surface area contributed by atoms with E-state index in [-0.39, 0.29) is 17.5 Å². The summed E-state index contributed by atoms with van der Waals surface area (Å²) in [6, 6.07) is 6.52. The van der Waals surface area contributed by atoms with Crippen molar-refractivity contribution in [3.8, 4) is 0 Å². The molecule has 2 aliphatic heterocycles. The van der Waals surface area contributed by atoms with Gasteiger partial charge < -0.3 is 14.9 Å². The molecule has 0 unspecified atom stereocenters. The molecule has 1 aromatic rings. The predicted molar refractivity (Wildman–Crippen MR) is 106 cm³/mol. The predicted octanol–water partition coefficient (Wildman–Crippen LogP) is 3.34. The highest BCUT2D eigenvalue weighted by atomic mass is 16.4. The van der Waals surface area contributed by atoms with Crippen LogP contribution in [0.5, 0.6) is 0 Å². The van der Waals surface area contributed by atoms with Crippen LogP contribution in [0.1, 0.15) is 51.2 Å². The van der Waals surface area contributed by atoms with Crippen LogP contribution in [0.15, 0.2) is 18.2 Å². The number of piperidine rings is 1. The first-order chi connectivity index (χ1) is 12.7. The molecule has 3 rings (SSSR count). The monoisotopic (exact) mass is 373 g/mol. The van der Waals surface area contributed by atoms with Gasteiger partial charge in [-0.3, -0.25) is 9.69 Å². The number of amides is 2. The fourth-order valence-corrected chi connectivity index (χ4v) is 4.36. The molecule has 0 saturated carbocycles. The molecule has 0 radical (unpaired) electrons. The molecule has 6 nitrogen and oxygen atoms in total. The van der Waals surface area contributed by atoms with Crippen LogP contribution in [-0.2, 0) is 17.8 Å². The van der Waals surface area contributed by atoms with E-state index in [1.807, 2.05) is 27.8 Å². The van der Waals surface area contributed by atoms with E-state index < -0.39 is 6.09 Å². The molecular weight excluding hydrogens is 342 g/mol. The van der Waals surface area contributed by atoms with Crippen LogP contribution in [0.2, 0.25) is 0 Å². The number of carboxylic acid groups (broad SMARTS) is 1. The number of likely N-dealkylation sites (tertiary alicyclic amines) is 1. The number of fused-ring (bicyclic) bond motifs is 1. The number of carbonyl (C=O) groups is 2. The molecule has 1 N–H and O–H groups in total. The molecule has 1 fully saturated rings. The van der Waals surface area contributed by atoms with Crippen molar-refractivity contribution in [1.29, 1.82) is 0 Å². The van der Waals surface area contributed by atoms with Gasteiger partial charge in [-0.1, -0.05) is 12.1 Å². The molecule has 1 saturated heterocycles. The number of nitrogens with zero attached hydrogens (tertiary/aromatic N) is 3. The van der Waals surface area contributed by atoms with Crippen LogP contribution in [0.3, 0.4) is 0 Å². The maximum atomic E-state index is 12.0. The number of carbonyl (C=O) groups excluding carboxylic acids is 1. The van der Waals surface area contributed by atoms with E-state index in [9.17, 15) is 14.7 Å². The van der Waals surface area contributed by atoms with Gasteiger partial charge in [0.25, 0.3) is 0 Å². The van der Waals surface area contributed by atoms with Crippen molar-refractivity contribution in [2.45, 2.75) is 64.6 Å². The Bertz CT molecular complexity index is 718. The van der Waals surface area contributed by atoms with Gasteiger partial charge in [-0.05, 0) is 57.2 Å². The van der Waals surface area contributed by atoms with E-state index in [2.05, 4.69) is 23.1 Å². The minimum absolute atomic E-state index is 0.0750. The van der Waals surface area contributed by atoms with Crippen LogP contribution >= 0.6 is 0 Å². The summed E-state index contributed by atoms with van der Waals surface area (Å²) in [6.45, 7) is 8.48. The van der Waals surface area contributed by atoms with Gasteiger partial charge in [-0.15, -0.1) is 0 Å². The van der Waals surface area contributed by atoms with Gasteiger partial charge in [0.15, 0.2) is 0 Å². The summed E-state index contributed by atoms with van der Waals surface area (Å²) in [5.74, 6) is 0.177. The summed E-state index contributed by atoms with van der Waals surface area (Å²) < 4.78 is 0. The zero-order chi connectivity index (χ0) is 19.8. The number of aryl methyl sites for hydroxylation is 1. The smallest absolute Gasteiger partial charge is 0.407 e. The van der Waals surface area contributed by atoms with Crippen molar-refractivity contribution in [2.75, 3.05) is 25.0 Å². The Morgan fingerprint density at radius 3 is 2.48 bits per heavy atom. The summed E-state index contributed by atoms with van der Waals surface area (Å²) in [5, 5.41) is 9.60. The Balaban J connectivity index is 1.63. The lowest BCUT2D eigenvalue weighted by Gasteiger charge is -2.43. The van der Waals surface area contributed by atoms with Crippen LogP contribution in [0.25, 0.3) is 0 Å². The van der Waals surface area contributed by atoms with E-state index >= 15 is 0 Å². The number of benzene rings is 1. The highest BCUT2D eigenvalue weighted by Gasteiger charge is 2.35. The Morgan fingerprint density at radius 1 is 1.22 bits per heavy atom. The first kappa shape index (κ1) is 19.7. The molecular formula is C21H31N3O3. The maximum absolute atomic E-state index is 12.0. The van der Waals surface area contributed by atoms with Crippen molar-refractivity contribution >= 4 is 17.7 Å². The molecule has 0 atom stereocenters. The molecule has 27 heavy (non-hydrogen) atoms. The van der Waals surface area contributed by atoms with Gasteiger partial charge >= 0.3 is 6.09 Å². The molecule has 0 spiro atoms. The van der Waals surface area contributed by atoms with Crippen LogP contribution in [0, 0.1) is 0 Å². The number of hydrogen-bond donors (Lipinski definition) is 1. The van der Waals surface area contributed by atoms with Crippen molar-refractivity contribution in [3.05, 3.63) is 29.3 Å². The lowest BCUT2D eigenvalue weighted by molar-refractivity contribution is -0.118. The molecule has 148 valence electrons. The van der Waals surface area contributed by atoms with Crippen molar-refractivity contribution in [2.24, 2.45) is 0 Å². The molecule has 2 aliphatic rings. The van der Waals surface area contributed by atoms with E-state index in [4.69, 9.17) is 0 Å². The third kappa shape index (κ3) is 4.26. The first-order valence-electron chi connectivity index (χ1n) is 9.80. The molecule has 0 bridgehead atoms. The standard InChI is InChI=1S/C21H31N3O3/c1-21(2,3)24(20(26)27)17-9-11-23(12-10-17)14-15-5-6-16-7-8-19(25)22(4)18(16)13-15/h5-6,13,17H,7-12,14H2,1-4H3,(H,26,27). The Kier molecular flexibility index (Phi) is 5.47. The van der Waals surface area contributed by atoms with Gasteiger partial charge in [-0.2, -0.15) is 0 Å². The Labute approximate surface area is 161 Å². The van der Waals surface area contributed by atoms with Gasteiger partial charge in [-0.25, -0.2) is 4.79 Å². The number of anilines is 1. The second-order valence-electron chi connectivity index (χ2n) is 8.75. The summed E-state index contributed by atoms with van der Waals surface area (Å²) >= 11 is 0. The summed E-state index contributed by atoms with van der Waals surface area (Å²) in [5.41, 5.74) is 3.10. The van der Waals surface area contributed by atoms with Crippen LogP contribution < -0.4 is 4.90 Å². The summed E-state index contributed by atoms with van der Waals surface area (Å²) in [6.07, 6.45) is 2.29. The topological polar surface area (TPSA) is 64.1 Å². The second kappa shape index (κ2) is 7.50. The summed E-state index contributed by atoms with van der Waals surface area (Å²) in [7, 11) is 1.85. The van der Waals surface area contributed by atoms with Gasteiger partial charge in [0.1, 0.15) is 0 Å². The van der Waals surface area contributed by atoms with Crippen LogP contribution in [-0.4, -0.2) is 58.6 Å². The molecule has 1 aromatic carbocycles. The second-order valence-corrected chi connectivity index (χ2v) is 8.75. The molecule has 2 amide bonds. The van der Waals surface area contributed by atoms with E-state index in [1.54, 1.807) is 9.80 Å². The SMILES string of the molecule is CN1C(=O)CCc2ccc(CN3CCC(N(C(=O)O)C(C)(C)C)CC3)cc21. The highest BCUT2D eigenvalue weighted by molar-refractivity contribution is 5.95. The molecule has 0 aliphatic carbocycles. The molecule has 2 heterocycles. The normalized spacial score (nSPS) is 19.1. The lowest BCUT2D eigenvalue weighted by Crippen LogP contribution is -2.54. The maximum Gasteiger partial charge on any atom is 0.407 e. The van der Waals surface area contributed by atoms with Gasteiger partial charge in [0.05, 0.1) is 0 Å². The third-order valence-electron chi connectivity index (χ3n) is 5.75. The number of hydrogen-bond acceptors (Lipinski definition) is 3. The van der Waals surface area contributed by atoms with Crippen LogP contribution in [0.4, 0.5) is 10.5 Å². The van der Waals surface area contributed by atoms with Crippen molar-refractivity contribution < 1.29 is 14.7 Å². The zero-order valence-electron chi connectivity index (χ0n) is 16.9. The minimum Gasteiger partial charge on any atom is -0.465 e. The van der Waals surface area contributed by atoms with Gasteiger partial charge in [0, 0.05) is 50.4 Å². The Hall–Kier alpha value is -2.08. The quantitative estimate of drug-likeness (QED) is 0.883. The lowest BCUT2D eigenvalue weighted by atomic mass is 9.96. The largest absolute Gasteiger partial charge is 0.465 e. The zero-order valence-corrected chi connectivity index (χ0v) is 16.9. The number of rotatable bonds is 3. The van der Waals surface area contributed by atoms with E-state index in [0.717, 1.165) is 44.6 Å². The van der Waals surface area contributed by atoms with E-state index in [0.29, 0.717) is 6.42 Å². The minimum atomic E-state index is -0.830. The average molecular weight is 373 g/mol. The van der Waals surface area contributed by atoms with Crippen molar-refractivity contribution in [1.82, 2.24) is 9.80 Å². The third-order valence-corrected chi connectivity index (χ3v) is 5.75. The average Bonchev–Trinajstić information content (AvgIpc) is 2.59. The van der Waals surface area contributed by atoms with E-state index in [1.165, 1.54) is 11.1 Å². The molecule has 0 aromatic heterocycles. The van der Waals surface area contributed by atoms with Gasteiger partial charge in [0.2, 0.25) is 5.91 Å². The Morgan fingerprint density at radius 2 is 1.89 bits per heavy atom. The fourth-order valence-electron chi connectivity index (χ4n) is 4.36. The van der Waals surface area contributed by atoms with Crippen molar-refractivity contribution in [3.63, 3.8) is 0 Å². The first-order valence-corrected chi connectivity index (χ1v) is 9.80. The highest BCUT2D eigenvalue weighted by Crippen LogP contribution is 2.29.